The Kier molecular flexibility index (Phi) is 17.9. The molecular formula is C42H61N3O3. The predicted molar refractivity (Wildman–Crippen MR) is 198 cm³/mol. The summed E-state index contributed by atoms with van der Waals surface area (Å²) in [7, 11) is 0. The van der Waals surface area contributed by atoms with Gasteiger partial charge in [-0.25, -0.2) is 0 Å². The van der Waals surface area contributed by atoms with Gasteiger partial charge in [-0.3, -0.25) is 14.4 Å². The van der Waals surface area contributed by atoms with Gasteiger partial charge in [0.15, 0.2) is 0 Å². The smallest absolute Gasteiger partial charge is 0.229 e. The third-order valence-corrected chi connectivity index (χ3v) is 9.99. The molecule has 3 rings (SSSR count). The molecule has 2 N–H and O–H groups in total. The van der Waals surface area contributed by atoms with E-state index in [1.54, 1.807) is 4.90 Å². The van der Waals surface area contributed by atoms with Crippen LogP contribution in [0.5, 0.6) is 0 Å². The quantitative estimate of drug-likeness (QED) is 0.124. The van der Waals surface area contributed by atoms with Crippen molar-refractivity contribution in [3.8, 4) is 11.8 Å². The van der Waals surface area contributed by atoms with E-state index in [9.17, 15) is 14.4 Å². The molecule has 0 bridgehead atoms. The molecule has 0 saturated carbocycles. The van der Waals surface area contributed by atoms with Crippen molar-refractivity contribution in [2.24, 2.45) is 17.8 Å². The van der Waals surface area contributed by atoms with Crippen molar-refractivity contribution in [2.45, 2.75) is 131 Å². The average Bonchev–Trinajstić information content (AvgIpc) is 3.09. The Morgan fingerprint density at radius 2 is 1.25 bits per heavy atom. The van der Waals surface area contributed by atoms with Crippen LogP contribution >= 0.6 is 0 Å². The topological polar surface area (TPSA) is 78.5 Å². The van der Waals surface area contributed by atoms with E-state index in [-0.39, 0.29) is 37.1 Å². The molecule has 3 atom stereocenters. The van der Waals surface area contributed by atoms with Gasteiger partial charge in [-0.15, -0.1) is 0 Å². The molecule has 6 heteroatoms. The van der Waals surface area contributed by atoms with E-state index in [4.69, 9.17) is 0 Å². The number of rotatable bonds is 22. The Morgan fingerprint density at radius 3 is 1.96 bits per heavy atom. The molecule has 48 heavy (non-hydrogen) atoms. The van der Waals surface area contributed by atoms with Gasteiger partial charge in [0.1, 0.15) is 0 Å². The summed E-state index contributed by atoms with van der Waals surface area (Å²) < 4.78 is 0. The number of para-hydroxylation sites is 1. The van der Waals surface area contributed by atoms with Gasteiger partial charge >= 0.3 is 0 Å². The minimum atomic E-state index is -0.128. The highest BCUT2D eigenvalue weighted by Gasteiger charge is 2.21. The number of nitrogens with one attached hydrogen (secondary N) is 2. The van der Waals surface area contributed by atoms with Crippen LogP contribution in [-0.4, -0.2) is 30.8 Å². The summed E-state index contributed by atoms with van der Waals surface area (Å²) in [6.45, 7) is 10.6. The Hall–Kier alpha value is -3.59. The highest BCUT2D eigenvalue weighted by Crippen LogP contribution is 2.27. The number of anilines is 1. The van der Waals surface area contributed by atoms with Gasteiger partial charge in [-0.1, -0.05) is 128 Å². The number of carbonyl (C=O) groups is 3. The monoisotopic (exact) mass is 655 g/mol. The van der Waals surface area contributed by atoms with Crippen LogP contribution in [0.4, 0.5) is 5.69 Å². The van der Waals surface area contributed by atoms with Gasteiger partial charge in [0, 0.05) is 43.5 Å². The van der Waals surface area contributed by atoms with E-state index in [2.05, 4.69) is 50.2 Å². The van der Waals surface area contributed by atoms with Crippen LogP contribution in [0.3, 0.4) is 0 Å². The van der Waals surface area contributed by atoms with Crippen LogP contribution in [0, 0.1) is 29.6 Å². The van der Waals surface area contributed by atoms with Gasteiger partial charge < -0.3 is 15.5 Å². The summed E-state index contributed by atoms with van der Waals surface area (Å²) in [5.74, 6) is 8.41. The Bertz CT molecular complexity index is 1340. The van der Waals surface area contributed by atoms with E-state index in [1.807, 2.05) is 48.5 Å². The molecule has 6 nitrogen and oxygen atoms in total. The van der Waals surface area contributed by atoms with Crippen LogP contribution < -0.4 is 15.5 Å². The first kappa shape index (κ1) is 38.9. The van der Waals surface area contributed by atoms with Gasteiger partial charge in [-0.05, 0) is 60.8 Å². The second kappa shape index (κ2) is 22.1. The number of fused-ring (bicyclic) bond motifs is 2. The van der Waals surface area contributed by atoms with Gasteiger partial charge in [-0.2, -0.15) is 0 Å². The molecule has 3 unspecified atom stereocenters. The zero-order chi connectivity index (χ0) is 34.6. The molecule has 0 spiro atoms. The van der Waals surface area contributed by atoms with Gasteiger partial charge in [0.2, 0.25) is 17.7 Å². The summed E-state index contributed by atoms with van der Waals surface area (Å²) in [6, 6.07) is 15.6. The fraction of sp³-hybridized carbons (Fsp3) is 0.595. The Morgan fingerprint density at radius 1 is 0.667 bits per heavy atom. The maximum atomic E-state index is 13.4. The lowest BCUT2D eigenvalue weighted by Gasteiger charge is -2.26. The summed E-state index contributed by atoms with van der Waals surface area (Å²) in [5, 5.41) is 6.09. The highest BCUT2D eigenvalue weighted by molar-refractivity contribution is 5.95. The molecule has 1 aliphatic heterocycles. The fourth-order valence-corrected chi connectivity index (χ4v) is 6.93. The van der Waals surface area contributed by atoms with Crippen molar-refractivity contribution in [1.82, 2.24) is 10.6 Å². The van der Waals surface area contributed by atoms with E-state index in [0.717, 1.165) is 40.8 Å². The first-order chi connectivity index (χ1) is 23.4. The molecule has 3 amide bonds. The maximum Gasteiger partial charge on any atom is 0.229 e. The molecule has 2 aromatic carbocycles. The molecule has 262 valence electrons. The second-order valence-corrected chi connectivity index (χ2v) is 13.7. The summed E-state index contributed by atoms with van der Waals surface area (Å²) in [6.07, 6.45) is 15.0. The van der Waals surface area contributed by atoms with Crippen LogP contribution in [-0.2, 0) is 20.9 Å². The van der Waals surface area contributed by atoms with Crippen molar-refractivity contribution in [3.05, 3.63) is 65.2 Å². The lowest BCUT2D eigenvalue weighted by molar-refractivity contribution is -0.122. The largest absolute Gasteiger partial charge is 0.356 e. The standard InChI is InChI=1S/C42H61N3O3/c1-5-15-33(7-3)17-13-18-35(26-25-34(8-4)16-6-2)31-44-41(47)24-14-23-40(46)43-30-29-42(48)45-32-38-21-10-9-19-36(38)27-28-37-20-11-12-22-39(37)45/h9-12,19-22,33-35H,5-8,13-18,23-26,29-32H2,1-4H3,(H,43,46)(H,44,47). The molecule has 0 fully saturated rings. The summed E-state index contributed by atoms with van der Waals surface area (Å²) in [4.78, 5) is 40.5. The normalized spacial score (nSPS) is 13.9. The molecule has 1 heterocycles. The first-order valence-electron chi connectivity index (χ1n) is 18.9. The third kappa shape index (κ3) is 13.5. The third-order valence-electron chi connectivity index (χ3n) is 9.99. The minimum absolute atomic E-state index is 0.0279. The summed E-state index contributed by atoms with van der Waals surface area (Å²) >= 11 is 0. The SMILES string of the molecule is CCCC(CC)CCCC(CCC(CC)CCC)CNC(=O)CCCC(=O)NCCC(=O)N1Cc2ccccc2C#Cc2ccccc21. The summed E-state index contributed by atoms with van der Waals surface area (Å²) in [5.41, 5.74) is 3.52. The number of benzene rings is 2. The number of nitrogens with zero attached hydrogens (tertiary/aromatic N) is 1. The van der Waals surface area contributed by atoms with Gasteiger partial charge in [0.25, 0.3) is 0 Å². The zero-order valence-electron chi connectivity index (χ0n) is 30.3. The Balaban J connectivity index is 1.41. The number of amides is 3. The number of carbonyl (C=O) groups excluding carboxylic acids is 3. The van der Waals surface area contributed by atoms with E-state index >= 15 is 0 Å². The molecule has 0 aliphatic carbocycles. The van der Waals surface area contributed by atoms with Crippen LogP contribution in [0.25, 0.3) is 0 Å². The maximum absolute atomic E-state index is 13.4. The second-order valence-electron chi connectivity index (χ2n) is 13.7. The van der Waals surface area contributed by atoms with Crippen molar-refractivity contribution in [2.75, 3.05) is 18.0 Å². The number of hydrogen-bond donors (Lipinski definition) is 2. The number of hydrogen-bond acceptors (Lipinski definition) is 3. The minimum Gasteiger partial charge on any atom is -0.356 e. The Labute approximate surface area is 291 Å². The van der Waals surface area contributed by atoms with Crippen LogP contribution in [0.2, 0.25) is 0 Å². The van der Waals surface area contributed by atoms with Crippen molar-refractivity contribution < 1.29 is 14.4 Å². The van der Waals surface area contributed by atoms with Crippen molar-refractivity contribution >= 4 is 23.4 Å². The molecule has 1 aliphatic rings. The fourth-order valence-electron chi connectivity index (χ4n) is 6.93. The van der Waals surface area contributed by atoms with Gasteiger partial charge in [0.05, 0.1) is 12.2 Å². The molecule has 0 saturated heterocycles. The zero-order valence-corrected chi connectivity index (χ0v) is 30.3. The van der Waals surface area contributed by atoms with Crippen molar-refractivity contribution in [1.29, 1.82) is 0 Å². The molecule has 0 aromatic heterocycles. The predicted octanol–water partition coefficient (Wildman–Crippen LogP) is 8.95. The average molecular weight is 656 g/mol. The highest BCUT2D eigenvalue weighted by atomic mass is 16.2. The van der Waals surface area contributed by atoms with E-state index in [0.29, 0.717) is 25.3 Å². The molecule has 0 radical (unpaired) electrons. The van der Waals surface area contributed by atoms with Crippen molar-refractivity contribution in [3.63, 3.8) is 0 Å². The van der Waals surface area contributed by atoms with Crippen LogP contribution in [0.15, 0.2) is 48.5 Å². The molecule has 2 aromatic rings. The lowest BCUT2D eigenvalue weighted by atomic mass is 9.87. The lowest BCUT2D eigenvalue weighted by Crippen LogP contribution is -2.35. The van der Waals surface area contributed by atoms with E-state index < -0.39 is 0 Å². The molecular weight excluding hydrogens is 594 g/mol. The first-order valence-corrected chi connectivity index (χ1v) is 18.9. The van der Waals surface area contributed by atoms with Crippen LogP contribution in [0.1, 0.15) is 141 Å². The van der Waals surface area contributed by atoms with E-state index in [1.165, 1.54) is 70.6 Å².